The maximum Gasteiger partial charge on any atom is 0.278 e. The van der Waals surface area contributed by atoms with Gasteiger partial charge in [0.2, 0.25) is 11.8 Å². The van der Waals surface area contributed by atoms with Crippen LogP contribution in [0.4, 0.5) is 15.8 Å². The number of nitrogens with zero attached hydrogens (tertiary/aromatic N) is 3. The molecular formula is C17H14FN5O3. The molecule has 1 aromatic heterocycles. The quantitative estimate of drug-likeness (QED) is 0.738. The highest BCUT2D eigenvalue weighted by atomic mass is 19.1. The lowest BCUT2D eigenvalue weighted by atomic mass is 10.2. The van der Waals surface area contributed by atoms with Gasteiger partial charge < -0.3 is 10.6 Å². The van der Waals surface area contributed by atoms with Crippen molar-refractivity contribution >= 4 is 34.1 Å². The van der Waals surface area contributed by atoms with E-state index in [2.05, 4.69) is 20.9 Å². The van der Waals surface area contributed by atoms with Crippen LogP contribution in [0, 0.1) is 5.82 Å². The number of anilines is 2. The summed E-state index contributed by atoms with van der Waals surface area (Å²) in [6.45, 7) is 0.888. The summed E-state index contributed by atoms with van der Waals surface area (Å²) in [5, 5.41) is 12.8. The van der Waals surface area contributed by atoms with Crippen molar-refractivity contribution in [3.8, 4) is 0 Å². The fraction of sp³-hybridized carbons (Fsp3) is 0.118. The van der Waals surface area contributed by atoms with E-state index in [1.807, 2.05) is 0 Å². The van der Waals surface area contributed by atoms with Crippen molar-refractivity contribution in [2.75, 3.05) is 10.6 Å². The normalized spacial score (nSPS) is 10.5. The summed E-state index contributed by atoms with van der Waals surface area (Å²) in [5.74, 6) is -1.61. The third-order valence-electron chi connectivity index (χ3n) is 3.48. The lowest BCUT2D eigenvalue weighted by molar-refractivity contribution is -0.117. The molecule has 0 unspecified atom stereocenters. The molecule has 132 valence electrons. The molecule has 2 aromatic carbocycles. The largest absolute Gasteiger partial charge is 0.324 e. The zero-order valence-corrected chi connectivity index (χ0v) is 13.7. The van der Waals surface area contributed by atoms with E-state index in [0.717, 1.165) is 10.7 Å². The smallest absolute Gasteiger partial charge is 0.278 e. The Hall–Kier alpha value is -3.62. The zero-order valence-electron chi connectivity index (χ0n) is 13.7. The van der Waals surface area contributed by atoms with Gasteiger partial charge in [0.15, 0.2) is 0 Å². The van der Waals surface area contributed by atoms with Crippen LogP contribution in [-0.4, -0.2) is 26.8 Å². The van der Waals surface area contributed by atoms with Gasteiger partial charge in [-0.15, -0.1) is 5.10 Å². The summed E-state index contributed by atoms with van der Waals surface area (Å²) in [6, 6.07) is 10.4. The van der Waals surface area contributed by atoms with Crippen LogP contribution in [0.1, 0.15) is 6.92 Å². The molecule has 3 aromatic rings. The average molecular weight is 355 g/mol. The van der Waals surface area contributed by atoms with Crippen LogP contribution in [0.25, 0.3) is 10.9 Å². The number of amides is 2. The molecule has 0 aliphatic rings. The Morgan fingerprint density at radius 1 is 1.15 bits per heavy atom. The molecule has 0 aliphatic heterocycles. The van der Waals surface area contributed by atoms with E-state index in [1.54, 1.807) is 24.3 Å². The van der Waals surface area contributed by atoms with E-state index < -0.39 is 23.2 Å². The molecule has 0 bridgehead atoms. The minimum Gasteiger partial charge on any atom is -0.324 e. The van der Waals surface area contributed by atoms with Gasteiger partial charge in [-0.05, 0) is 30.3 Å². The standard InChI is InChI=1S/C17H14FN5O3/c1-10(24)19-15-8-11(6-7-13(15)18)20-16(25)9-23-17(26)12-4-2-3-5-14(12)21-22-23/h2-8H,9H2,1H3,(H,19,24)(H,20,25). The average Bonchev–Trinajstić information content (AvgIpc) is 2.60. The van der Waals surface area contributed by atoms with E-state index in [9.17, 15) is 18.8 Å². The molecule has 0 aliphatic carbocycles. The number of benzene rings is 2. The highest BCUT2D eigenvalue weighted by molar-refractivity contribution is 5.93. The Balaban J connectivity index is 1.78. The lowest BCUT2D eigenvalue weighted by Gasteiger charge is -2.09. The molecular weight excluding hydrogens is 341 g/mol. The zero-order chi connectivity index (χ0) is 18.7. The van der Waals surface area contributed by atoms with Crippen molar-refractivity contribution in [2.24, 2.45) is 0 Å². The molecule has 9 heteroatoms. The van der Waals surface area contributed by atoms with Gasteiger partial charge in [-0.3, -0.25) is 14.4 Å². The first-order chi connectivity index (χ1) is 12.4. The van der Waals surface area contributed by atoms with Gasteiger partial charge in [-0.25, -0.2) is 9.07 Å². The molecule has 1 heterocycles. The molecule has 26 heavy (non-hydrogen) atoms. The summed E-state index contributed by atoms with van der Waals surface area (Å²) >= 11 is 0. The monoisotopic (exact) mass is 355 g/mol. The van der Waals surface area contributed by atoms with Gasteiger partial charge >= 0.3 is 0 Å². The number of aromatic nitrogens is 3. The number of carbonyl (C=O) groups excluding carboxylic acids is 2. The van der Waals surface area contributed by atoms with Crippen LogP contribution in [0.5, 0.6) is 0 Å². The molecule has 8 nitrogen and oxygen atoms in total. The van der Waals surface area contributed by atoms with Crippen molar-refractivity contribution in [3.63, 3.8) is 0 Å². The summed E-state index contributed by atoms with van der Waals surface area (Å²) in [5.41, 5.74) is 0.205. The molecule has 0 radical (unpaired) electrons. The lowest BCUT2D eigenvalue weighted by Crippen LogP contribution is -2.30. The molecule has 0 spiro atoms. The molecule has 0 saturated heterocycles. The van der Waals surface area contributed by atoms with Crippen LogP contribution < -0.4 is 16.2 Å². The predicted octanol–water partition coefficient (Wildman–Crippen LogP) is 1.53. The minimum atomic E-state index is -0.630. The van der Waals surface area contributed by atoms with Crippen LogP contribution in [-0.2, 0) is 16.1 Å². The van der Waals surface area contributed by atoms with Gasteiger partial charge in [0, 0.05) is 12.6 Å². The first-order valence-corrected chi connectivity index (χ1v) is 7.63. The van der Waals surface area contributed by atoms with Gasteiger partial charge in [0.1, 0.15) is 17.9 Å². The van der Waals surface area contributed by atoms with Gasteiger partial charge in [0.25, 0.3) is 5.56 Å². The first kappa shape index (κ1) is 17.2. The Bertz CT molecular complexity index is 1060. The second-order valence-corrected chi connectivity index (χ2v) is 5.49. The van der Waals surface area contributed by atoms with Crippen molar-refractivity contribution < 1.29 is 14.0 Å². The fourth-order valence-corrected chi connectivity index (χ4v) is 2.35. The second-order valence-electron chi connectivity index (χ2n) is 5.49. The Morgan fingerprint density at radius 3 is 2.69 bits per heavy atom. The van der Waals surface area contributed by atoms with Crippen molar-refractivity contribution in [1.29, 1.82) is 0 Å². The number of hydrogen-bond donors (Lipinski definition) is 2. The van der Waals surface area contributed by atoms with E-state index >= 15 is 0 Å². The Morgan fingerprint density at radius 2 is 1.92 bits per heavy atom. The number of carbonyl (C=O) groups is 2. The van der Waals surface area contributed by atoms with Crippen molar-refractivity contribution in [1.82, 2.24) is 15.0 Å². The maximum absolute atomic E-state index is 13.6. The molecule has 2 N–H and O–H groups in total. The summed E-state index contributed by atoms with van der Waals surface area (Å²) in [7, 11) is 0. The number of halogens is 1. The second kappa shape index (κ2) is 7.09. The highest BCUT2D eigenvalue weighted by Crippen LogP contribution is 2.19. The summed E-state index contributed by atoms with van der Waals surface area (Å²) in [4.78, 5) is 35.6. The number of nitrogens with one attached hydrogen (secondary N) is 2. The number of hydrogen-bond acceptors (Lipinski definition) is 5. The Labute approximate surface area is 146 Å². The van der Waals surface area contributed by atoms with E-state index in [-0.39, 0.29) is 17.9 Å². The molecule has 3 rings (SSSR count). The van der Waals surface area contributed by atoms with E-state index in [1.165, 1.54) is 19.1 Å². The van der Waals surface area contributed by atoms with Gasteiger partial charge in [-0.1, -0.05) is 17.3 Å². The first-order valence-electron chi connectivity index (χ1n) is 7.63. The number of rotatable bonds is 4. The van der Waals surface area contributed by atoms with Crippen molar-refractivity contribution in [2.45, 2.75) is 13.5 Å². The third kappa shape index (κ3) is 3.72. The highest BCUT2D eigenvalue weighted by Gasteiger charge is 2.11. The van der Waals surface area contributed by atoms with Crippen LogP contribution in [0.2, 0.25) is 0 Å². The third-order valence-corrected chi connectivity index (χ3v) is 3.48. The summed E-state index contributed by atoms with van der Waals surface area (Å²) < 4.78 is 14.6. The van der Waals surface area contributed by atoms with E-state index in [4.69, 9.17) is 0 Å². The van der Waals surface area contributed by atoms with Crippen LogP contribution >= 0.6 is 0 Å². The Kier molecular flexibility index (Phi) is 4.70. The van der Waals surface area contributed by atoms with Crippen LogP contribution in [0.15, 0.2) is 47.3 Å². The predicted molar refractivity (Wildman–Crippen MR) is 93.1 cm³/mol. The fourth-order valence-electron chi connectivity index (χ4n) is 2.35. The molecule has 0 atom stereocenters. The summed E-state index contributed by atoms with van der Waals surface area (Å²) in [6.07, 6.45) is 0. The topological polar surface area (TPSA) is 106 Å². The number of fused-ring (bicyclic) bond motifs is 1. The molecule has 0 saturated carbocycles. The van der Waals surface area contributed by atoms with Gasteiger partial charge in [-0.2, -0.15) is 0 Å². The van der Waals surface area contributed by atoms with Crippen LogP contribution in [0.3, 0.4) is 0 Å². The van der Waals surface area contributed by atoms with E-state index in [0.29, 0.717) is 10.9 Å². The maximum atomic E-state index is 13.6. The molecule has 0 fully saturated rings. The van der Waals surface area contributed by atoms with Gasteiger partial charge in [0.05, 0.1) is 11.1 Å². The van der Waals surface area contributed by atoms with Crippen molar-refractivity contribution in [3.05, 3.63) is 58.6 Å². The molecule has 2 amide bonds. The minimum absolute atomic E-state index is 0.0574. The SMILES string of the molecule is CC(=O)Nc1cc(NC(=O)Cn2nnc3ccccc3c2=O)ccc1F.